The van der Waals surface area contributed by atoms with Crippen molar-refractivity contribution in [3.8, 4) is 11.5 Å². The van der Waals surface area contributed by atoms with Crippen LogP contribution in [0.5, 0.6) is 11.5 Å². The highest BCUT2D eigenvalue weighted by Gasteiger charge is 2.53. The second-order valence-electron chi connectivity index (χ2n) is 7.28. The largest absolute Gasteiger partial charge is 0.493 e. The summed E-state index contributed by atoms with van der Waals surface area (Å²) in [7, 11) is 1.40. The molecule has 2 saturated heterocycles. The molecule has 10 nitrogen and oxygen atoms in total. The Morgan fingerprint density at radius 3 is 2.55 bits per heavy atom. The van der Waals surface area contributed by atoms with Gasteiger partial charge in [-0.25, -0.2) is 9.59 Å². The molecule has 0 aromatic heterocycles. The van der Waals surface area contributed by atoms with E-state index in [2.05, 4.69) is 0 Å². The van der Waals surface area contributed by atoms with Crippen LogP contribution >= 0.6 is 0 Å². The van der Waals surface area contributed by atoms with Crippen LogP contribution in [-0.2, 0) is 38.1 Å². The van der Waals surface area contributed by atoms with Crippen molar-refractivity contribution in [2.24, 2.45) is 0 Å². The van der Waals surface area contributed by atoms with E-state index in [0.29, 0.717) is 5.56 Å². The summed E-state index contributed by atoms with van der Waals surface area (Å²) < 4.78 is 31.1. The van der Waals surface area contributed by atoms with Crippen LogP contribution in [0.3, 0.4) is 0 Å². The number of carbonyl (C=O) groups excluding carboxylic acids is 4. The Kier molecular flexibility index (Phi) is 6.42. The Bertz CT molecular complexity index is 932. The molecular weight excluding hydrogens is 412 g/mol. The van der Waals surface area contributed by atoms with Gasteiger partial charge in [-0.2, -0.15) is 0 Å². The number of ether oxygens (including phenoxy) is 6. The van der Waals surface area contributed by atoms with Crippen LogP contribution < -0.4 is 9.47 Å². The summed E-state index contributed by atoms with van der Waals surface area (Å²) in [6.45, 7) is 4.67. The SMILES string of the molecule is COc1cc(/C=C/C(=O)OC2C(=O)OC(C3COC(C)(C)O3)C2=O)ccc1OC(C)=O. The first-order valence-electron chi connectivity index (χ1n) is 9.41. The number of methoxy groups -OCH3 is 1. The van der Waals surface area contributed by atoms with E-state index < -0.39 is 47.8 Å². The third-order valence-electron chi connectivity index (χ3n) is 4.45. The first-order valence-corrected chi connectivity index (χ1v) is 9.41. The Hall–Kier alpha value is -3.24. The minimum Gasteiger partial charge on any atom is -0.493 e. The van der Waals surface area contributed by atoms with Crippen molar-refractivity contribution < 1.29 is 47.6 Å². The molecule has 1 aromatic carbocycles. The summed E-state index contributed by atoms with van der Waals surface area (Å²) in [5, 5.41) is 0. The van der Waals surface area contributed by atoms with Crippen LogP contribution in [0.1, 0.15) is 26.3 Å². The van der Waals surface area contributed by atoms with E-state index in [1.54, 1.807) is 19.9 Å². The Morgan fingerprint density at radius 1 is 1.19 bits per heavy atom. The van der Waals surface area contributed by atoms with E-state index in [0.717, 1.165) is 6.08 Å². The molecular formula is C21H22O10. The molecule has 3 unspecified atom stereocenters. The quantitative estimate of drug-likeness (QED) is 0.279. The van der Waals surface area contributed by atoms with Crippen molar-refractivity contribution in [3.63, 3.8) is 0 Å². The summed E-state index contributed by atoms with van der Waals surface area (Å²) in [5.74, 6) is -3.48. The molecule has 3 rings (SSSR count). The number of benzene rings is 1. The van der Waals surface area contributed by atoms with Crippen molar-refractivity contribution in [1.29, 1.82) is 0 Å². The summed E-state index contributed by atoms with van der Waals surface area (Å²) in [5.41, 5.74) is 0.529. The summed E-state index contributed by atoms with van der Waals surface area (Å²) in [6.07, 6.45) is -1.20. The number of ketones is 1. The molecule has 10 heteroatoms. The van der Waals surface area contributed by atoms with Gasteiger partial charge in [0.2, 0.25) is 5.78 Å². The van der Waals surface area contributed by atoms with E-state index >= 15 is 0 Å². The number of carbonyl (C=O) groups is 4. The monoisotopic (exact) mass is 434 g/mol. The molecule has 0 radical (unpaired) electrons. The number of hydrogen-bond acceptors (Lipinski definition) is 10. The highest BCUT2D eigenvalue weighted by Crippen LogP contribution is 2.30. The van der Waals surface area contributed by atoms with Gasteiger partial charge < -0.3 is 28.4 Å². The van der Waals surface area contributed by atoms with E-state index in [4.69, 9.17) is 28.4 Å². The predicted octanol–water partition coefficient (Wildman–Crippen LogP) is 1.19. The smallest absolute Gasteiger partial charge is 0.356 e. The van der Waals surface area contributed by atoms with Gasteiger partial charge >= 0.3 is 17.9 Å². The topological polar surface area (TPSA) is 124 Å². The molecule has 0 N–H and O–H groups in total. The molecule has 0 bridgehead atoms. The van der Waals surface area contributed by atoms with Gasteiger partial charge in [0, 0.05) is 13.0 Å². The zero-order valence-corrected chi connectivity index (χ0v) is 17.4. The van der Waals surface area contributed by atoms with Crippen LogP contribution in [0, 0.1) is 0 Å². The zero-order valence-electron chi connectivity index (χ0n) is 17.4. The van der Waals surface area contributed by atoms with E-state index in [1.807, 2.05) is 0 Å². The third-order valence-corrected chi connectivity index (χ3v) is 4.45. The van der Waals surface area contributed by atoms with Crippen molar-refractivity contribution in [3.05, 3.63) is 29.8 Å². The Labute approximate surface area is 178 Å². The lowest BCUT2D eigenvalue weighted by molar-refractivity contribution is -0.165. The molecule has 2 aliphatic rings. The third kappa shape index (κ3) is 5.28. The molecule has 0 saturated carbocycles. The average molecular weight is 434 g/mol. The highest BCUT2D eigenvalue weighted by atomic mass is 16.8. The van der Waals surface area contributed by atoms with E-state index in [-0.39, 0.29) is 18.1 Å². The molecule has 0 spiro atoms. The maximum absolute atomic E-state index is 12.5. The molecule has 2 aliphatic heterocycles. The lowest BCUT2D eigenvalue weighted by Gasteiger charge is -2.19. The number of esters is 3. The Balaban J connectivity index is 1.62. The maximum Gasteiger partial charge on any atom is 0.356 e. The second kappa shape index (κ2) is 8.86. The first kappa shape index (κ1) is 22.4. The van der Waals surface area contributed by atoms with Gasteiger partial charge in [0.05, 0.1) is 13.7 Å². The fourth-order valence-electron chi connectivity index (χ4n) is 3.09. The molecule has 2 heterocycles. The molecule has 31 heavy (non-hydrogen) atoms. The number of rotatable bonds is 6. The van der Waals surface area contributed by atoms with Crippen molar-refractivity contribution in [1.82, 2.24) is 0 Å². The highest BCUT2D eigenvalue weighted by molar-refractivity contribution is 6.11. The van der Waals surface area contributed by atoms with Crippen molar-refractivity contribution in [2.45, 2.75) is 44.9 Å². The van der Waals surface area contributed by atoms with Gasteiger partial charge in [-0.1, -0.05) is 6.07 Å². The fourth-order valence-corrected chi connectivity index (χ4v) is 3.09. The van der Waals surface area contributed by atoms with Gasteiger partial charge in [-0.05, 0) is 37.6 Å². The first-order chi connectivity index (χ1) is 14.6. The molecule has 0 amide bonds. The summed E-state index contributed by atoms with van der Waals surface area (Å²) in [6, 6.07) is 4.61. The van der Waals surface area contributed by atoms with Gasteiger partial charge in [-0.3, -0.25) is 9.59 Å². The van der Waals surface area contributed by atoms with Crippen LogP contribution in [0.25, 0.3) is 6.08 Å². The van der Waals surface area contributed by atoms with Gasteiger partial charge in [0.15, 0.2) is 23.4 Å². The van der Waals surface area contributed by atoms with Crippen LogP contribution in [0.2, 0.25) is 0 Å². The van der Waals surface area contributed by atoms with Crippen LogP contribution in [0.15, 0.2) is 24.3 Å². The molecule has 2 fully saturated rings. The van der Waals surface area contributed by atoms with E-state index in [1.165, 1.54) is 32.2 Å². The number of Topliss-reactive ketones (excluding diaryl/α,β-unsaturated/α-hetero) is 1. The summed E-state index contributed by atoms with van der Waals surface area (Å²) in [4.78, 5) is 47.8. The average Bonchev–Trinajstić information content (AvgIpc) is 3.20. The zero-order chi connectivity index (χ0) is 22.8. The normalized spacial score (nSPS) is 24.8. The second-order valence-corrected chi connectivity index (χ2v) is 7.28. The van der Waals surface area contributed by atoms with Gasteiger partial charge in [0.25, 0.3) is 6.10 Å². The minimum atomic E-state index is -1.67. The van der Waals surface area contributed by atoms with Crippen LogP contribution in [0.4, 0.5) is 0 Å². The van der Waals surface area contributed by atoms with Crippen LogP contribution in [-0.4, -0.2) is 61.5 Å². The number of cyclic esters (lactones) is 1. The number of hydrogen-bond donors (Lipinski definition) is 0. The molecule has 1 aromatic rings. The molecule has 3 atom stereocenters. The summed E-state index contributed by atoms with van der Waals surface area (Å²) >= 11 is 0. The standard InChI is InChI=1S/C21H22O10/c1-11(22)28-13-7-5-12(9-14(13)26-4)6-8-16(23)29-19-17(24)18(30-20(19)25)15-10-27-21(2,3)31-15/h5-9,15,18-19H,10H2,1-4H3/b8-6+. The molecule has 166 valence electrons. The molecule has 0 aliphatic carbocycles. The van der Waals surface area contributed by atoms with Gasteiger partial charge in [-0.15, -0.1) is 0 Å². The van der Waals surface area contributed by atoms with Crippen molar-refractivity contribution in [2.75, 3.05) is 13.7 Å². The fraction of sp³-hybridized carbons (Fsp3) is 0.429. The minimum absolute atomic E-state index is 0.0719. The van der Waals surface area contributed by atoms with Gasteiger partial charge in [0.1, 0.15) is 6.10 Å². The predicted molar refractivity (Wildman–Crippen MR) is 103 cm³/mol. The lowest BCUT2D eigenvalue weighted by atomic mass is 10.1. The Morgan fingerprint density at radius 2 is 1.94 bits per heavy atom. The van der Waals surface area contributed by atoms with Crippen molar-refractivity contribution >= 4 is 29.8 Å². The maximum atomic E-state index is 12.5. The lowest BCUT2D eigenvalue weighted by Crippen LogP contribution is -2.38. The van der Waals surface area contributed by atoms with E-state index in [9.17, 15) is 19.2 Å².